The van der Waals surface area contributed by atoms with Gasteiger partial charge in [0, 0.05) is 30.1 Å². The van der Waals surface area contributed by atoms with E-state index >= 15 is 0 Å². The summed E-state index contributed by atoms with van der Waals surface area (Å²) in [6.07, 6.45) is 4.58. The third-order valence-corrected chi connectivity index (χ3v) is 3.37. The number of hydrogen-bond acceptors (Lipinski definition) is 4. The summed E-state index contributed by atoms with van der Waals surface area (Å²) in [6.45, 7) is 1.85. The predicted molar refractivity (Wildman–Crippen MR) is 87.7 cm³/mol. The van der Waals surface area contributed by atoms with Crippen LogP contribution in [0.25, 0.3) is 11.4 Å². The number of aryl methyl sites for hydroxylation is 2. The fourth-order valence-electron chi connectivity index (χ4n) is 2.24. The highest BCUT2D eigenvalue weighted by Gasteiger charge is 2.07. The van der Waals surface area contributed by atoms with Crippen molar-refractivity contribution in [1.82, 2.24) is 20.2 Å². The van der Waals surface area contributed by atoms with Crippen LogP contribution in [0.5, 0.6) is 0 Å². The summed E-state index contributed by atoms with van der Waals surface area (Å²) in [7, 11) is 0. The highest BCUT2D eigenvalue weighted by atomic mass is 16.1. The molecule has 0 fully saturated rings. The van der Waals surface area contributed by atoms with Gasteiger partial charge in [0.25, 0.3) is 0 Å². The van der Waals surface area contributed by atoms with Crippen molar-refractivity contribution in [2.45, 2.75) is 19.8 Å². The van der Waals surface area contributed by atoms with Gasteiger partial charge >= 0.3 is 0 Å². The number of H-pyrrole nitrogens is 1. The molecule has 1 amide bonds. The molecule has 0 saturated carbocycles. The number of rotatable bonds is 5. The van der Waals surface area contributed by atoms with Crippen molar-refractivity contribution >= 4 is 11.6 Å². The molecule has 0 aliphatic heterocycles. The van der Waals surface area contributed by atoms with E-state index in [0.29, 0.717) is 18.7 Å². The molecule has 0 radical (unpaired) electrons. The fraction of sp³-hybridized carbons (Fsp3) is 0.176. The first-order valence-corrected chi connectivity index (χ1v) is 7.39. The zero-order valence-electron chi connectivity index (χ0n) is 12.8. The SMILES string of the molecule is Cc1nc(-c2cccc(NC(=O)CCc3cccnc3)c2)n[nH]1. The molecule has 116 valence electrons. The van der Waals surface area contributed by atoms with Crippen LogP contribution in [0.2, 0.25) is 0 Å². The maximum absolute atomic E-state index is 12.1. The number of hydrogen-bond donors (Lipinski definition) is 2. The molecule has 6 heteroatoms. The molecule has 2 heterocycles. The maximum Gasteiger partial charge on any atom is 0.224 e. The number of carbonyl (C=O) groups excluding carboxylic acids is 1. The molecule has 0 aliphatic carbocycles. The van der Waals surface area contributed by atoms with E-state index in [-0.39, 0.29) is 5.91 Å². The largest absolute Gasteiger partial charge is 0.326 e. The van der Waals surface area contributed by atoms with Gasteiger partial charge in [0.15, 0.2) is 5.82 Å². The number of anilines is 1. The van der Waals surface area contributed by atoms with Crippen LogP contribution < -0.4 is 5.32 Å². The summed E-state index contributed by atoms with van der Waals surface area (Å²) in [5, 5.41) is 9.84. The topological polar surface area (TPSA) is 83.6 Å². The summed E-state index contributed by atoms with van der Waals surface area (Å²) in [6, 6.07) is 11.3. The molecule has 0 atom stereocenters. The molecular formula is C17H17N5O. The lowest BCUT2D eigenvalue weighted by atomic mass is 10.1. The molecule has 2 N–H and O–H groups in total. The Labute approximate surface area is 134 Å². The number of aromatic nitrogens is 4. The van der Waals surface area contributed by atoms with Gasteiger partial charge in [-0.05, 0) is 37.1 Å². The number of benzene rings is 1. The normalized spacial score (nSPS) is 10.5. The van der Waals surface area contributed by atoms with Gasteiger partial charge in [-0.3, -0.25) is 14.9 Å². The first-order chi connectivity index (χ1) is 11.2. The Hall–Kier alpha value is -3.02. The Bertz CT molecular complexity index is 798. The third-order valence-electron chi connectivity index (χ3n) is 3.37. The van der Waals surface area contributed by atoms with Gasteiger partial charge in [-0.15, -0.1) is 0 Å². The van der Waals surface area contributed by atoms with Crippen LogP contribution in [0.1, 0.15) is 17.8 Å². The number of pyridine rings is 1. The molecule has 0 spiro atoms. The van der Waals surface area contributed by atoms with Crippen LogP contribution in [0.3, 0.4) is 0 Å². The smallest absolute Gasteiger partial charge is 0.224 e. The molecule has 0 unspecified atom stereocenters. The highest BCUT2D eigenvalue weighted by Crippen LogP contribution is 2.19. The van der Waals surface area contributed by atoms with Crippen LogP contribution in [0.15, 0.2) is 48.8 Å². The maximum atomic E-state index is 12.1. The monoisotopic (exact) mass is 307 g/mol. The van der Waals surface area contributed by atoms with Crippen LogP contribution in [0.4, 0.5) is 5.69 Å². The average molecular weight is 307 g/mol. The van der Waals surface area contributed by atoms with Crippen molar-refractivity contribution in [1.29, 1.82) is 0 Å². The number of amides is 1. The van der Waals surface area contributed by atoms with Gasteiger partial charge in [-0.1, -0.05) is 18.2 Å². The molecule has 23 heavy (non-hydrogen) atoms. The van der Waals surface area contributed by atoms with Gasteiger partial charge in [0.2, 0.25) is 5.91 Å². The summed E-state index contributed by atoms with van der Waals surface area (Å²) < 4.78 is 0. The standard InChI is InChI=1S/C17H17N5O/c1-12-19-17(22-21-12)14-5-2-6-15(10-14)20-16(23)8-7-13-4-3-9-18-11-13/h2-6,9-11H,7-8H2,1H3,(H,20,23)(H,19,21,22). The Morgan fingerprint density at radius 2 is 2.17 bits per heavy atom. The zero-order valence-corrected chi connectivity index (χ0v) is 12.8. The van der Waals surface area contributed by atoms with Gasteiger partial charge in [0.1, 0.15) is 5.82 Å². The minimum Gasteiger partial charge on any atom is -0.326 e. The quantitative estimate of drug-likeness (QED) is 0.759. The minimum absolute atomic E-state index is 0.0304. The Kier molecular flexibility index (Phi) is 4.42. The van der Waals surface area contributed by atoms with E-state index in [1.165, 1.54) is 0 Å². The van der Waals surface area contributed by atoms with E-state index in [0.717, 1.165) is 22.6 Å². The van der Waals surface area contributed by atoms with Crippen molar-refractivity contribution in [2.24, 2.45) is 0 Å². The molecule has 2 aromatic heterocycles. The molecule has 3 rings (SSSR count). The minimum atomic E-state index is -0.0304. The molecule has 0 bridgehead atoms. The van der Waals surface area contributed by atoms with Crippen molar-refractivity contribution < 1.29 is 4.79 Å². The molecular weight excluding hydrogens is 290 g/mol. The average Bonchev–Trinajstić information content (AvgIpc) is 3.01. The van der Waals surface area contributed by atoms with Gasteiger partial charge in [-0.25, -0.2) is 4.98 Å². The van der Waals surface area contributed by atoms with Crippen LogP contribution >= 0.6 is 0 Å². The van der Waals surface area contributed by atoms with Crippen molar-refractivity contribution in [3.8, 4) is 11.4 Å². The summed E-state index contributed by atoms with van der Waals surface area (Å²) in [5.41, 5.74) is 2.65. The lowest BCUT2D eigenvalue weighted by molar-refractivity contribution is -0.116. The number of carbonyl (C=O) groups is 1. The van der Waals surface area contributed by atoms with Crippen LogP contribution in [0, 0.1) is 6.92 Å². The number of nitrogens with one attached hydrogen (secondary N) is 2. The fourth-order valence-corrected chi connectivity index (χ4v) is 2.24. The Balaban J connectivity index is 1.62. The second-order valence-corrected chi connectivity index (χ2v) is 5.23. The molecule has 1 aromatic carbocycles. The van der Waals surface area contributed by atoms with E-state index in [1.54, 1.807) is 12.4 Å². The summed E-state index contributed by atoms with van der Waals surface area (Å²) in [5.74, 6) is 1.34. The van der Waals surface area contributed by atoms with Crippen molar-refractivity contribution in [3.63, 3.8) is 0 Å². The number of nitrogens with zero attached hydrogens (tertiary/aromatic N) is 3. The van der Waals surface area contributed by atoms with E-state index in [1.807, 2.05) is 43.3 Å². The lowest BCUT2D eigenvalue weighted by Crippen LogP contribution is -2.12. The second-order valence-electron chi connectivity index (χ2n) is 5.23. The zero-order chi connectivity index (χ0) is 16.1. The Morgan fingerprint density at radius 3 is 2.91 bits per heavy atom. The predicted octanol–water partition coefficient (Wildman–Crippen LogP) is 2.75. The van der Waals surface area contributed by atoms with E-state index in [4.69, 9.17) is 0 Å². The third kappa shape index (κ3) is 4.00. The molecule has 3 aromatic rings. The first-order valence-electron chi connectivity index (χ1n) is 7.39. The Morgan fingerprint density at radius 1 is 1.26 bits per heavy atom. The van der Waals surface area contributed by atoms with E-state index < -0.39 is 0 Å². The molecule has 0 aliphatic rings. The van der Waals surface area contributed by atoms with Gasteiger partial charge in [0.05, 0.1) is 0 Å². The lowest BCUT2D eigenvalue weighted by Gasteiger charge is -2.06. The molecule has 0 saturated heterocycles. The highest BCUT2D eigenvalue weighted by molar-refractivity contribution is 5.91. The van der Waals surface area contributed by atoms with Gasteiger partial charge in [-0.2, -0.15) is 5.10 Å². The van der Waals surface area contributed by atoms with E-state index in [2.05, 4.69) is 25.5 Å². The van der Waals surface area contributed by atoms with E-state index in [9.17, 15) is 4.79 Å². The van der Waals surface area contributed by atoms with Crippen LogP contribution in [-0.2, 0) is 11.2 Å². The summed E-state index contributed by atoms with van der Waals surface area (Å²) >= 11 is 0. The molecule has 6 nitrogen and oxygen atoms in total. The summed E-state index contributed by atoms with van der Waals surface area (Å²) in [4.78, 5) is 20.4. The first kappa shape index (κ1) is 14.9. The second kappa shape index (κ2) is 6.83. The van der Waals surface area contributed by atoms with Crippen molar-refractivity contribution in [3.05, 3.63) is 60.2 Å². The number of aromatic amines is 1. The van der Waals surface area contributed by atoms with Crippen LogP contribution in [-0.4, -0.2) is 26.1 Å². The van der Waals surface area contributed by atoms with Gasteiger partial charge < -0.3 is 5.32 Å². The van der Waals surface area contributed by atoms with Crippen molar-refractivity contribution in [2.75, 3.05) is 5.32 Å².